The Bertz CT molecular complexity index is 678. The minimum Gasteiger partial charge on any atom is -0.329 e. The van der Waals surface area contributed by atoms with Crippen molar-refractivity contribution < 1.29 is 4.39 Å². The number of fused-ring (bicyclic) bond motifs is 1. The summed E-state index contributed by atoms with van der Waals surface area (Å²) in [6.45, 7) is 0. The number of aromatic nitrogens is 1. The van der Waals surface area contributed by atoms with E-state index in [9.17, 15) is 4.39 Å². The van der Waals surface area contributed by atoms with E-state index in [-0.39, 0.29) is 5.82 Å². The summed E-state index contributed by atoms with van der Waals surface area (Å²) >= 11 is 4.73. The highest BCUT2D eigenvalue weighted by Gasteiger charge is 2.06. The Balaban J connectivity index is 1.96. The molecule has 3 aromatic rings. The number of para-hydroxylation sites is 1. The summed E-state index contributed by atoms with van der Waals surface area (Å²) in [5.74, 6) is -0.302. The monoisotopic (exact) mass is 322 g/mol. The van der Waals surface area contributed by atoms with Gasteiger partial charge < -0.3 is 5.32 Å². The van der Waals surface area contributed by atoms with E-state index < -0.39 is 0 Å². The summed E-state index contributed by atoms with van der Waals surface area (Å²) in [4.78, 5) is 4.40. The molecule has 5 heteroatoms. The van der Waals surface area contributed by atoms with Gasteiger partial charge in [0.05, 0.1) is 15.9 Å². The molecule has 0 aliphatic rings. The van der Waals surface area contributed by atoms with E-state index in [0.29, 0.717) is 10.8 Å². The zero-order chi connectivity index (χ0) is 12.5. The van der Waals surface area contributed by atoms with Crippen LogP contribution in [-0.2, 0) is 0 Å². The average molecular weight is 323 g/mol. The molecule has 0 spiro atoms. The highest BCUT2D eigenvalue weighted by atomic mass is 79.9. The van der Waals surface area contributed by atoms with Crippen LogP contribution in [0.3, 0.4) is 0 Å². The molecule has 0 aliphatic carbocycles. The number of hydrogen-bond donors (Lipinski definition) is 1. The fraction of sp³-hybridized carbons (Fsp3) is 0. The molecule has 0 fully saturated rings. The van der Waals surface area contributed by atoms with Crippen LogP contribution in [0.25, 0.3) is 10.2 Å². The second-order valence-corrected chi connectivity index (χ2v) is 5.68. The Labute approximate surface area is 116 Å². The first-order valence-electron chi connectivity index (χ1n) is 5.30. The zero-order valence-corrected chi connectivity index (χ0v) is 11.6. The molecule has 2 aromatic carbocycles. The molecule has 0 aliphatic heterocycles. The number of nitrogens with zero attached hydrogens (tertiary/aromatic N) is 1. The van der Waals surface area contributed by atoms with Gasteiger partial charge in [-0.3, -0.25) is 0 Å². The molecule has 0 atom stereocenters. The Kier molecular flexibility index (Phi) is 3.01. The predicted molar refractivity (Wildman–Crippen MR) is 77.0 cm³/mol. The van der Waals surface area contributed by atoms with Gasteiger partial charge in [-0.15, -0.1) is 0 Å². The minimum atomic E-state index is -0.302. The Morgan fingerprint density at radius 2 is 2.00 bits per heavy atom. The van der Waals surface area contributed by atoms with Gasteiger partial charge >= 0.3 is 0 Å². The van der Waals surface area contributed by atoms with Gasteiger partial charge in [0, 0.05) is 4.47 Å². The smallest absolute Gasteiger partial charge is 0.188 e. The lowest BCUT2D eigenvalue weighted by Gasteiger charge is -2.03. The fourth-order valence-corrected chi connectivity index (χ4v) is 2.84. The maximum absolute atomic E-state index is 13.7. The molecule has 3 rings (SSSR count). The van der Waals surface area contributed by atoms with Crippen LogP contribution in [0, 0.1) is 5.82 Å². The molecule has 0 saturated carbocycles. The topological polar surface area (TPSA) is 24.9 Å². The molecule has 90 valence electrons. The van der Waals surface area contributed by atoms with Crippen LogP contribution >= 0.6 is 27.3 Å². The zero-order valence-electron chi connectivity index (χ0n) is 9.15. The van der Waals surface area contributed by atoms with Crippen LogP contribution in [-0.4, -0.2) is 4.98 Å². The maximum Gasteiger partial charge on any atom is 0.188 e. The molecule has 0 radical (unpaired) electrons. The standard InChI is InChI=1S/C13H8BrFN2S/c14-8-5-6-10(9(15)7-8)16-13-17-11-3-1-2-4-12(11)18-13/h1-7H,(H,16,17). The summed E-state index contributed by atoms with van der Waals surface area (Å²) in [6.07, 6.45) is 0. The molecular weight excluding hydrogens is 315 g/mol. The van der Waals surface area contributed by atoms with E-state index in [1.165, 1.54) is 17.4 Å². The molecule has 0 bridgehead atoms. The highest BCUT2D eigenvalue weighted by Crippen LogP contribution is 2.29. The number of thiazole rings is 1. The maximum atomic E-state index is 13.7. The molecule has 1 aromatic heterocycles. The lowest BCUT2D eigenvalue weighted by atomic mass is 10.3. The van der Waals surface area contributed by atoms with Crippen molar-refractivity contribution >= 4 is 48.3 Å². The number of nitrogens with one attached hydrogen (secondary N) is 1. The molecule has 0 saturated heterocycles. The number of anilines is 2. The number of rotatable bonds is 2. The van der Waals surface area contributed by atoms with Crippen LogP contribution in [0.1, 0.15) is 0 Å². The summed E-state index contributed by atoms with van der Waals surface area (Å²) < 4.78 is 15.5. The van der Waals surface area contributed by atoms with Crippen LogP contribution in [0.2, 0.25) is 0 Å². The summed E-state index contributed by atoms with van der Waals surface area (Å²) in [7, 11) is 0. The Morgan fingerprint density at radius 1 is 1.17 bits per heavy atom. The van der Waals surface area contributed by atoms with E-state index in [1.807, 2.05) is 24.3 Å². The molecule has 0 unspecified atom stereocenters. The van der Waals surface area contributed by atoms with E-state index >= 15 is 0 Å². The fourth-order valence-electron chi connectivity index (χ4n) is 1.63. The predicted octanol–water partition coefficient (Wildman–Crippen LogP) is 4.94. The van der Waals surface area contributed by atoms with Gasteiger partial charge in [-0.05, 0) is 30.3 Å². The van der Waals surface area contributed by atoms with Crippen LogP contribution < -0.4 is 5.32 Å². The van der Waals surface area contributed by atoms with Crippen LogP contribution in [0.4, 0.5) is 15.2 Å². The van der Waals surface area contributed by atoms with Gasteiger partial charge in [-0.2, -0.15) is 0 Å². The third-order valence-corrected chi connectivity index (χ3v) is 3.91. The highest BCUT2D eigenvalue weighted by molar-refractivity contribution is 9.10. The average Bonchev–Trinajstić information content (AvgIpc) is 2.75. The second-order valence-electron chi connectivity index (χ2n) is 3.74. The van der Waals surface area contributed by atoms with Crippen molar-refractivity contribution in [2.75, 3.05) is 5.32 Å². The first-order valence-corrected chi connectivity index (χ1v) is 6.91. The van der Waals surface area contributed by atoms with Crippen molar-refractivity contribution in [1.29, 1.82) is 0 Å². The van der Waals surface area contributed by atoms with Crippen molar-refractivity contribution in [3.05, 3.63) is 52.8 Å². The van der Waals surface area contributed by atoms with Gasteiger partial charge in [-0.1, -0.05) is 39.4 Å². The summed E-state index contributed by atoms with van der Waals surface area (Å²) in [5, 5.41) is 3.69. The third-order valence-electron chi connectivity index (χ3n) is 2.47. The van der Waals surface area contributed by atoms with Crippen molar-refractivity contribution in [2.24, 2.45) is 0 Å². The second kappa shape index (κ2) is 4.66. The van der Waals surface area contributed by atoms with E-state index in [2.05, 4.69) is 26.2 Å². The Hall–Kier alpha value is -1.46. The lowest BCUT2D eigenvalue weighted by Crippen LogP contribution is -1.92. The van der Waals surface area contributed by atoms with Gasteiger partial charge in [0.2, 0.25) is 0 Å². The molecule has 1 N–H and O–H groups in total. The molecule has 0 amide bonds. The third kappa shape index (κ3) is 2.23. The van der Waals surface area contributed by atoms with Gasteiger partial charge in [-0.25, -0.2) is 9.37 Å². The number of hydrogen-bond acceptors (Lipinski definition) is 3. The molecule has 1 heterocycles. The molecule has 2 nitrogen and oxygen atoms in total. The van der Waals surface area contributed by atoms with E-state index in [0.717, 1.165) is 14.7 Å². The van der Waals surface area contributed by atoms with E-state index in [1.54, 1.807) is 12.1 Å². The number of benzene rings is 2. The summed E-state index contributed by atoms with van der Waals surface area (Å²) in [5.41, 5.74) is 1.35. The lowest BCUT2D eigenvalue weighted by molar-refractivity contribution is 0.631. The normalized spacial score (nSPS) is 10.8. The Morgan fingerprint density at radius 3 is 2.78 bits per heavy atom. The molecular formula is C13H8BrFN2S. The quantitative estimate of drug-likeness (QED) is 0.722. The van der Waals surface area contributed by atoms with Gasteiger partial charge in [0.1, 0.15) is 5.82 Å². The van der Waals surface area contributed by atoms with Crippen molar-refractivity contribution in [1.82, 2.24) is 4.98 Å². The summed E-state index contributed by atoms with van der Waals surface area (Å²) in [6, 6.07) is 12.7. The van der Waals surface area contributed by atoms with E-state index in [4.69, 9.17) is 0 Å². The van der Waals surface area contributed by atoms with Crippen LogP contribution in [0.15, 0.2) is 46.9 Å². The van der Waals surface area contributed by atoms with Crippen LogP contribution in [0.5, 0.6) is 0 Å². The first kappa shape index (κ1) is 11.6. The van der Waals surface area contributed by atoms with Gasteiger partial charge in [0.15, 0.2) is 5.13 Å². The van der Waals surface area contributed by atoms with Gasteiger partial charge in [0.25, 0.3) is 0 Å². The molecule has 18 heavy (non-hydrogen) atoms. The minimum absolute atomic E-state index is 0.302. The SMILES string of the molecule is Fc1cc(Br)ccc1Nc1nc2ccccc2s1. The van der Waals surface area contributed by atoms with Crippen molar-refractivity contribution in [3.63, 3.8) is 0 Å². The van der Waals surface area contributed by atoms with Crippen molar-refractivity contribution in [2.45, 2.75) is 0 Å². The first-order chi connectivity index (χ1) is 8.72. The largest absolute Gasteiger partial charge is 0.329 e. The number of halogens is 2. The van der Waals surface area contributed by atoms with Crippen molar-refractivity contribution in [3.8, 4) is 0 Å².